The van der Waals surface area contributed by atoms with E-state index in [0.717, 1.165) is 30.7 Å². The van der Waals surface area contributed by atoms with Crippen molar-refractivity contribution in [2.75, 3.05) is 0 Å². The molecule has 16 heavy (non-hydrogen) atoms. The van der Waals surface area contributed by atoms with E-state index in [0.29, 0.717) is 6.04 Å². The van der Waals surface area contributed by atoms with E-state index < -0.39 is 0 Å². The standard InChI is InChI=1S/C14H19NO/c1-3-12(4-2)15-10-13-9-11-7-5-6-8-14(11)16-13/h5-9,12,15H,3-4,10H2,1-2H3. The van der Waals surface area contributed by atoms with Crippen molar-refractivity contribution in [3.8, 4) is 0 Å². The van der Waals surface area contributed by atoms with Gasteiger partial charge in [-0.25, -0.2) is 0 Å². The molecule has 1 aromatic heterocycles. The Kier molecular flexibility index (Phi) is 3.62. The van der Waals surface area contributed by atoms with Crippen LogP contribution in [0.25, 0.3) is 11.0 Å². The number of fused-ring (bicyclic) bond motifs is 1. The number of para-hydroxylation sites is 1. The molecular weight excluding hydrogens is 198 g/mol. The van der Waals surface area contributed by atoms with Crippen LogP contribution in [0, 0.1) is 0 Å². The molecule has 0 aliphatic heterocycles. The van der Waals surface area contributed by atoms with E-state index in [4.69, 9.17) is 4.42 Å². The first-order valence-corrected chi connectivity index (χ1v) is 6.04. The second-order valence-corrected chi connectivity index (χ2v) is 4.14. The van der Waals surface area contributed by atoms with Gasteiger partial charge in [-0.3, -0.25) is 0 Å². The van der Waals surface area contributed by atoms with Gasteiger partial charge in [0.1, 0.15) is 11.3 Å². The van der Waals surface area contributed by atoms with Crippen molar-refractivity contribution >= 4 is 11.0 Å². The summed E-state index contributed by atoms with van der Waals surface area (Å²) in [5.74, 6) is 1.02. The summed E-state index contributed by atoms with van der Waals surface area (Å²) in [6, 6.07) is 10.8. The minimum absolute atomic E-state index is 0.591. The predicted octanol–water partition coefficient (Wildman–Crippen LogP) is 3.71. The van der Waals surface area contributed by atoms with Crippen LogP contribution in [-0.2, 0) is 6.54 Å². The van der Waals surface area contributed by atoms with Crippen LogP contribution in [0.1, 0.15) is 32.4 Å². The molecular formula is C14H19NO. The van der Waals surface area contributed by atoms with Crippen LogP contribution in [0.5, 0.6) is 0 Å². The Balaban J connectivity index is 2.04. The summed E-state index contributed by atoms with van der Waals surface area (Å²) < 4.78 is 5.74. The Labute approximate surface area is 96.6 Å². The van der Waals surface area contributed by atoms with Gasteiger partial charge in [-0.15, -0.1) is 0 Å². The highest BCUT2D eigenvalue weighted by molar-refractivity contribution is 5.77. The van der Waals surface area contributed by atoms with Crippen molar-refractivity contribution in [3.63, 3.8) is 0 Å². The number of nitrogens with one attached hydrogen (secondary N) is 1. The fourth-order valence-electron chi connectivity index (χ4n) is 1.95. The first-order chi connectivity index (χ1) is 7.83. The average Bonchev–Trinajstić information content (AvgIpc) is 2.73. The fourth-order valence-corrected chi connectivity index (χ4v) is 1.95. The molecule has 86 valence electrons. The summed E-state index contributed by atoms with van der Waals surface area (Å²) in [4.78, 5) is 0. The maximum atomic E-state index is 5.74. The normalized spacial score (nSPS) is 11.4. The van der Waals surface area contributed by atoms with Crippen LogP contribution in [0.3, 0.4) is 0 Å². The van der Waals surface area contributed by atoms with E-state index in [2.05, 4.69) is 31.3 Å². The Morgan fingerprint density at radius 1 is 1.19 bits per heavy atom. The quantitative estimate of drug-likeness (QED) is 0.826. The van der Waals surface area contributed by atoms with Gasteiger partial charge < -0.3 is 9.73 Å². The van der Waals surface area contributed by atoms with Gasteiger partial charge in [0.2, 0.25) is 0 Å². The molecule has 1 aromatic carbocycles. The molecule has 1 heterocycles. The first-order valence-electron chi connectivity index (χ1n) is 6.04. The third-order valence-electron chi connectivity index (χ3n) is 3.03. The summed E-state index contributed by atoms with van der Waals surface area (Å²) in [6.45, 7) is 5.24. The largest absolute Gasteiger partial charge is 0.460 e. The monoisotopic (exact) mass is 217 g/mol. The molecule has 0 spiro atoms. The van der Waals surface area contributed by atoms with Crippen LogP contribution in [0.15, 0.2) is 34.7 Å². The van der Waals surface area contributed by atoms with Gasteiger partial charge in [0.25, 0.3) is 0 Å². The molecule has 2 aromatic rings. The van der Waals surface area contributed by atoms with Crippen molar-refractivity contribution < 1.29 is 4.42 Å². The van der Waals surface area contributed by atoms with Gasteiger partial charge in [-0.2, -0.15) is 0 Å². The molecule has 0 amide bonds. The topological polar surface area (TPSA) is 25.2 Å². The van der Waals surface area contributed by atoms with E-state index in [1.165, 1.54) is 5.39 Å². The first kappa shape index (κ1) is 11.2. The van der Waals surface area contributed by atoms with E-state index >= 15 is 0 Å². The lowest BCUT2D eigenvalue weighted by Crippen LogP contribution is -2.26. The molecule has 0 aliphatic rings. The minimum Gasteiger partial charge on any atom is -0.460 e. The third-order valence-corrected chi connectivity index (χ3v) is 3.03. The average molecular weight is 217 g/mol. The van der Waals surface area contributed by atoms with Crippen LogP contribution < -0.4 is 5.32 Å². The van der Waals surface area contributed by atoms with Crippen LogP contribution >= 0.6 is 0 Å². The molecule has 0 saturated heterocycles. The van der Waals surface area contributed by atoms with Gasteiger partial charge in [0, 0.05) is 11.4 Å². The molecule has 0 fully saturated rings. The Morgan fingerprint density at radius 3 is 2.62 bits per heavy atom. The van der Waals surface area contributed by atoms with E-state index in [1.54, 1.807) is 0 Å². The maximum absolute atomic E-state index is 5.74. The minimum atomic E-state index is 0.591. The molecule has 2 rings (SSSR count). The molecule has 1 N–H and O–H groups in total. The third kappa shape index (κ3) is 2.45. The van der Waals surface area contributed by atoms with Crippen LogP contribution in [0.2, 0.25) is 0 Å². The summed E-state index contributed by atoms with van der Waals surface area (Å²) in [6.07, 6.45) is 2.33. The maximum Gasteiger partial charge on any atom is 0.134 e. The number of furan rings is 1. The second kappa shape index (κ2) is 5.17. The second-order valence-electron chi connectivity index (χ2n) is 4.14. The Hall–Kier alpha value is -1.28. The molecule has 0 unspecified atom stereocenters. The molecule has 0 radical (unpaired) electrons. The highest BCUT2D eigenvalue weighted by atomic mass is 16.3. The van der Waals surface area contributed by atoms with Crippen molar-refractivity contribution in [1.29, 1.82) is 0 Å². The number of hydrogen-bond acceptors (Lipinski definition) is 2. The molecule has 2 heteroatoms. The van der Waals surface area contributed by atoms with Gasteiger partial charge >= 0.3 is 0 Å². The lowest BCUT2D eigenvalue weighted by atomic mass is 10.2. The van der Waals surface area contributed by atoms with E-state index in [1.807, 2.05) is 18.2 Å². The van der Waals surface area contributed by atoms with Crippen molar-refractivity contribution in [1.82, 2.24) is 5.32 Å². The number of hydrogen-bond donors (Lipinski definition) is 1. The molecule has 0 aliphatic carbocycles. The van der Waals surface area contributed by atoms with Crippen molar-refractivity contribution in [2.45, 2.75) is 39.3 Å². The summed E-state index contributed by atoms with van der Waals surface area (Å²) >= 11 is 0. The molecule has 0 saturated carbocycles. The lowest BCUT2D eigenvalue weighted by molar-refractivity contribution is 0.441. The molecule has 0 atom stereocenters. The fraction of sp³-hybridized carbons (Fsp3) is 0.429. The zero-order valence-electron chi connectivity index (χ0n) is 9.99. The van der Waals surface area contributed by atoms with Gasteiger partial charge in [0.05, 0.1) is 6.54 Å². The predicted molar refractivity (Wildman–Crippen MR) is 67.4 cm³/mol. The van der Waals surface area contributed by atoms with Gasteiger partial charge in [-0.05, 0) is 25.0 Å². The van der Waals surface area contributed by atoms with Gasteiger partial charge in [0.15, 0.2) is 0 Å². The Bertz CT molecular complexity index is 410. The van der Waals surface area contributed by atoms with Crippen LogP contribution in [0.4, 0.5) is 0 Å². The zero-order chi connectivity index (χ0) is 11.4. The summed E-state index contributed by atoms with van der Waals surface area (Å²) in [7, 11) is 0. The highest BCUT2D eigenvalue weighted by Gasteiger charge is 2.05. The van der Waals surface area contributed by atoms with E-state index in [-0.39, 0.29) is 0 Å². The zero-order valence-corrected chi connectivity index (χ0v) is 9.99. The lowest BCUT2D eigenvalue weighted by Gasteiger charge is -2.12. The van der Waals surface area contributed by atoms with E-state index in [9.17, 15) is 0 Å². The molecule has 2 nitrogen and oxygen atoms in total. The Morgan fingerprint density at radius 2 is 1.94 bits per heavy atom. The number of rotatable bonds is 5. The highest BCUT2D eigenvalue weighted by Crippen LogP contribution is 2.18. The molecule has 0 bridgehead atoms. The summed E-state index contributed by atoms with van der Waals surface area (Å²) in [5, 5.41) is 4.69. The van der Waals surface area contributed by atoms with Gasteiger partial charge in [-0.1, -0.05) is 32.0 Å². The van der Waals surface area contributed by atoms with Crippen molar-refractivity contribution in [2.24, 2.45) is 0 Å². The SMILES string of the molecule is CCC(CC)NCc1cc2ccccc2o1. The number of benzene rings is 1. The van der Waals surface area contributed by atoms with Crippen LogP contribution in [-0.4, -0.2) is 6.04 Å². The smallest absolute Gasteiger partial charge is 0.134 e. The van der Waals surface area contributed by atoms with Crippen molar-refractivity contribution in [3.05, 3.63) is 36.1 Å². The summed E-state index contributed by atoms with van der Waals surface area (Å²) in [5.41, 5.74) is 0.976.